The van der Waals surface area contributed by atoms with E-state index in [9.17, 15) is 4.79 Å². The van der Waals surface area contributed by atoms with Crippen molar-refractivity contribution in [3.63, 3.8) is 0 Å². The first-order chi connectivity index (χ1) is 8.77. The number of hydrogen-bond acceptors (Lipinski definition) is 2. The number of ketones is 1. The van der Waals surface area contributed by atoms with E-state index < -0.39 is 0 Å². The predicted molar refractivity (Wildman–Crippen MR) is 74.3 cm³/mol. The Bertz CT molecular complexity index is 374. The van der Waals surface area contributed by atoms with Gasteiger partial charge in [-0.3, -0.25) is 4.79 Å². The average Bonchev–Trinajstić information content (AvgIpc) is 2.40. The van der Waals surface area contributed by atoms with Crippen molar-refractivity contribution in [2.45, 2.75) is 51.0 Å². The second kappa shape index (κ2) is 6.69. The van der Waals surface area contributed by atoms with Crippen LogP contribution in [0.4, 0.5) is 0 Å². The van der Waals surface area contributed by atoms with Crippen LogP contribution in [0.5, 0.6) is 0 Å². The zero-order valence-corrected chi connectivity index (χ0v) is 11.0. The Hall–Kier alpha value is -1.15. The smallest absolute Gasteiger partial charge is 0.137 e. The van der Waals surface area contributed by atoms with Crippen molar-refractivity contribution in [3.8, 4) is 0 Å². The summed E-state index contributed by atoms with van der Waals surface area (Å²) < 4.78 is 0. The number of hydrogen-bond donors (Lipinski definition) is 1. The van der Waals surface area contributed by atoms with Crippen LogP contribution in [-0.4, -0.2) is 11.8 Å². The highest BCUT2D eigenvalue weighted by molar-refractivity contribution is 5.81. The Morgan fingerprint density at radius 3 is 2.61 bits per heavy atom. The number of aryl methyl sites for hydroxylation is 1. The molecule has 2 N–H and O–H groups in total. The van der Waals surface area contributed by atoms with Crippen molar-refractivity contribution < 1.29 is 4.79 Å². The van der Waals surface area contributed by atoms with E-state index in [0.717, 1.165) is 25.7 Å². The van der Waals surface area contributed by atoms with Crippen LogP contribution in [0, 0.1) is 5.92 Å². The van der Waals surface area contributed by atoms with Gasteiger partial charge in [-0.25, -0.2) is 0 Å². The molecule has 0 aliphatic heterocycles. The lowest BCUT2D eigenvalue weighted by molar-refractivity contribution is -0.124. The van der Waals surface area contributed by atoms with Crippen LogP contribution >= 0.6 is 0 Å². The van der Waals surface area contributed by atoms with Crippen LogP contribution in [0.15, 0.2) is 30.3 Å². The summed E-state index contributed by atoms with van der Waals surface area (Å²) >= 11 is 0. The van der Waals surface area contributed by atoms with Crippen LogP contribution in [0.1, 0.15) is 44.1 Å². The van der Waals surface area contributed by atoms with Crippen LogP contribution in [-0.2, 0) is 11.2 Å². The topological polar surface area (TPSA) is 43.1 Å². The van der Waals surface area contributed by atoms with Crippen molar-refractivity contribution in [1.29, 1.82) is 0 Å². The van der Waals surface area contributed by atoms with E-state index in [1.54, 1.807) is 0 Å². The number of rotatable bonds is 5. The Balaban J connectivity index is 1.74. The van der Waals surface area contributed by atoms with Gasteiger partial charge in [0.15, 0.2) is 0 Å². The molecule has 1 aliphatic rings. The molecule has 2 rings (SSSR count). The molecule has 2 unspecified atom stereocenters. The number of carbonyl (C=O) groups is 1. The summed E-state index contributed by atoms with van der Waals surface area (Å²) in [4.78, 5) is 12.1. The van der Waals surface area contributed by atoms with E-state index in [0.29, 0.717) is 12.2 Å². The minimum Gasteiger partial charge on any atom is -0.327 e. The maximum Gasteiger partial charge on any atom is 0.137 e. The highest BCUT2D eigenvalue weighted by atomic mass is 16.1. The summed E-state index contributed by atoms with van der Waals surface area (Å²) in [6.07, 6.45) is 7.02. The van der Waals surface area contributed by atoms with Crippen LogP contribution in [0.3, 0.4) is 0 Å². The van der Waals surface area contributed by atoms with E-state index in [-0.39, 0.29) is 12.0 Å². The third kappa shape index (κ3) is 3.67. The maximum absolute atomic E-state index is 12.1. The molecule has 0 radical (unpaired) electrons. The minimum absolute atomic E-state index is 0.114. The summed E-state index contributed by atoms with van der Waals surface area (Å²) in [5, 5.41) is 0. The van der Waals surface area contributed by atoms with Crippen molar-refractivity contribution in [1.82, 2.24) is 0 Å². The van der Waals surface area contributed by atoms with Crippen molar-refractivity contribution in [2.24, 2.45) is 11.7 Å². The molecule has 1 aliphatic carbocycles. The van der Waals surface area contributed by atoms with Gasteiger partial charge in [-0.15, -0.1) is 0 Å². The molecule has 2 heteroatoms. The van der Waals surface area contributed by atoms with Gasteiger partial charge in [-0.2, -0.15) is 0 Å². The Morgan fingerprint density at radius 2 is 1.89 bits per heavy atom. The quantitative estimate of drug-likeness (QED) is 0.866. The fraction of sp³-hybridized carbons (Fsp3) is 0.562. The van der Waals surface area contributed by atoms with Crippen molar-refractivity contribution in [2.75, 3.05) is 0 Å². The summed E-state index contributed by atoms with van der Waals surface area (Å²) in [7, 11) is 0. The zero-order chi connectivity index (χ0) is 12.8. The van der Waals surface area contributed by atoms with E-state index in [1.165, 1.54) is 18.4 Å². The van der Waals surface area contributed by atoms with Gasteiger partial charge in [0.1, 0.15) is 5.78 Å². The summed E-state index contributed by atoms with van der Waals surface area (Å²) in [5.41, 5.74) is 7.36. The molecule has 0 saturated heterocycles. The largest absolute Gasteiger partial charge is 0.327 e. The van der Waals surface area contributed by atoms with Gasteiger partial charge in [0.2, 0.25) is 0 Å². The van der Waals surface area contributed by atoms with Gasteiger partial charge in [0.05, 0.1) is 0 Å². The van der Waals surface area contributed by atoms with E-state index >= 15 is 0 Å². The van der Waals surface area contributed by atoms with Crippen molar-refractivity contribution >= 4 is 5.78 Å². The molecule has 0 aromatic heterocycles. The van der Waals surface area contributed by atoms with Crippen molar-refractivity contribution in [3.05, 3.63) is 35.9 Å². The highest BCUT2D eigenvalue weighted by Crippen LogP contribution is 2.25. The molecule has 0 heterocycles. The molecular weight excluding hydrogens is 222 g/mol. The summed E-state index contributed by atoms with van der Waals surface area (Å²) in [6, 6.07) is 10.5. The lowest BCUT2D eigenvalue weighted by Gasteiger charge is -2.27. The normalized spacial score (nSPS) is 23.8. The van der Waals surface area contributed by atoms with Crippen LogP contribution in [0.25, 0.3) is 0 Å². The van der Waals surface area contributed by atoms with Gasteiger partial charge in [-0.1, -0.05) is 43.2 Å². The molecule has 1 aromatic rings. The highest BCUT2D eigenvalue weighted by Gasteiger charge is 2.27. The summed E-state index contributed by atoms with van der Waals surface area (Å²) in [5.74, 6) is 0.521. The maximum atomic E-state index is 12.1. The monoisotopic (exact) mass is 245 g/mol. The van der Waals surface area contributed by atoms with E-state index in [2.05, 4.69) is 12.1 Å². The minimum atomic E-state index is 0.114. The van der Waals surface area contributed by atoms with Gasteiger partial charge in [-0.05, 0) is 31.2 Å². The van der Waals surface area contributed by atoms with Gasteiger partial charge >= 0.3 is 0 Å². The first kappa shape index (κ1) is 13.3. The zero-order valence-electron chi connectivity index (χ0n) is 11.0. The third-order valence-corrected chi connectivity index (χ3v) is 3.96. The molecule has 0 spiro atoms. The number of carbonyl (C=O) groups excluding carboxylic acids is 1. The Kier molecular flexibility index (Phi) is 4.94. The molecule has 2 nitrogen and oxygen atoms in total. The Labute approximate surface area is 110 Å². The lowest BCUT2D eigenvalue weighted by Crippen LogP contribution is -2.38. The molecule has 98 valence electrons. The average molecular weight is 245 g/mol. The van der Waals surface area contributed by atoms with Crippen LogP contribution < -0.4 is 5.73 Å². The Morgan fingerprint density at radius 1 is 1.17 bits per heavy atom. The molecule has 0 amide bonds. The first-order valence-corrected chi connectivity index (χ1v) is 7.09. The van der Waals surface area contributed by atoms with Gasteiger partial charge in [0.25, 0.3) is 0 Å². The molecular formula is C16H23NO. The lowest BCUT2D eigenvalue weighted by atomic mass is 9.81. The second-order valence-electron chi connectivity index (χ2n) is 5.36. The second-order valence-corrected chi connectivity index (χ2v) is 5.36. The molecule has 18 heavy (non-hydrogen) atoms. The number of nitrogens with two attached hydrogens (primary N) is 1. The van der Waals surface area contributed by atoms with E-state index in [4.69, 9.17) is 5.73 Å². The van der Waals surface area contributed by atoms with E-state index in [1.807, 2.05) is 18.2 Å². The summed E-state index contributed by atoms with van der Waals surface area (Å²) in [6.45, 7) is 0. The fourth-order valence-corrected chi connectivity index (χ4v) is 2.86. The molecule has 0 bridgehead atoms. The predicted octanol–water partition coefficient (Wildman–Crippen LogP) is 3.10. The van der Waals surface area contributed by atoms with Gasteiger partial charge < -0.3 is 5.73 Å². The standard InChI is InChI=1S/C16H23NO/c17-15-11-5-4-10-14(15)16(18)12-6-9-13-7-2-1-3-8-13/h1-3,7-8,14-15H,4-6,9-12,17H2. The first-order valence-electron chi connectivity index (χ1n) is 7.09. The van der Waals surface area contributed by atoms with Crippen LogP contribution in [0.2, 0.25) is 0 Å². The molecule has 1 fully saturated rings. The van der Waals surface area contributed by atoms with Gasteiger partial charge in [0, 0.05) is 18.4 Å². The number of Topliss-reactive ketones (excluding diaryl/α,β-unsaturated/α-hetero) is 1. The number of benzene rings is 1. The molecule has 2 atom stereocenters. The molecule has 1 aromatic carbocycles. The SMILES string of the molecule is NC1CCCCC1C(=O)CCCc1ccccc1. The molecule has 1 saturated carbocycles. The fourth-order valence-electron chi connectivity index (χ4n) is 2.86. The third-order valence-electron chi connectivity index (χ3n) is 3.96.